The lowest BCUT2D eigenvalue weighted by Crippen LogP contribution is -2.21. The fourth-order valence-electron chi connectivity index (χ4n) is 2.49. The first-order valence-electron chi connectivity index (χ1n) is 8.44. The topological polar surface area (TPSA) is 83.5 Å². The van der Waals surface area contributed by atoms with E-state index in [0.717, 1.165) is 11.1 Å². The molecular formula is C21H17BrN4O2. The fraction of sp³-hybridized carbons (Fsp3) is 0.0476. The van der Waals surface area contributed by atoms with Gasteiger partial charge in [-0.25, -0.2) is 5.43 Å². The van der Waals surface area contributed by atoms with Crippen LogP contribution in [-0.2, 0) is 0 Å². The molecule has 3 rings (SSSR count). The molecule has 7 heteroatoms. The second kappa shape index (κ2) is 9.05. The molecule has 1 heterocycles. The highest BCUT2D eigenvalue weighted by molar-refractivity contribution is 9.10. The van der Waals surface area contributed by atoms with E-state index in [1.807, 2.05) is 31.2 Å². The molecule has 28 heavy (non-hydrogen) atoms. The van der Waals surface area contributed by atoms with E-state index in [9.17, 15) is 9.59 Å². The minimum absolute atomic E-state index is 0.290. The number of benzene rings is 2. The first-order chi connectivity index (χ1) is 13.5. The molecule has 0 saturated heterocycles. The molecule has 0 bridgehead atoms. The number of halogens is 1. The van der Waals surface area contributed by atoms with E-state index in [1.165, 1.54) is 12.4 Å². The number of hydrogen-bond donors (Lipinski definition) is 2. The monoisotopic (exact) mass is 436 g/mol. The number of aryl methyl sites for hydroxylation is 1. The zero-order valence-corrected chi connectivity index (χ0v) is 16.6. The van der Waals surface area contributed by atoms with Gasteiger partial charge in [-0.1, -0.05) is 45.8 Å². The molecule has 2 aromatic carbocycles. The molecule has 3 aromatic rings. The summed E-state index contributed by atoms with van der Waals surface area (Å²) in [7, 11) is 0. The Kier molecular flexibility index (Phi) is 6.29. The Morgan fingerprint density at radius 3 is 2.57 bits per heavy atom. The maximum Gasteiger partial charge on any atom is 0.273 e. The van der Waals surface area contributed by atoms with Crippen LogP contribution in [0.5, 0.6) is 0 Å². The molecule has 0 aliphatic heterocycles. The molecule has 0 spiro atoms. The van der Waals surface area contributed by atoms with Gasteiger partial charge in [0, 0.05) is 22.4 Å². The number of carbonyl (C=O) groups excluding carboxylic acids is 2. The van der Waals surface area contributed by atoms with Crippen molar-refractivity contribution in [2.45, 2.75) is 6.92 Å². The summed E-state index contributed by atoms with van der Waals surface area (Å²) < 4.78 is 0.710. The summed E-state index contributed by atoms with van der Waals surface area (Å²) in [6.45, 7) is 1.98. The van der Waals surface area contributed by atoms with Crippen LogP contribution in [0.4, 0.5) is 5.69 Å². The van der Waals surface area contributed by atoms with Crippen LogP contribution in [0.15, 0.2) is 76.6 Å². The largest absolute Gasteiger partial charge is 0.321 e. The van der Waals surface area contributed by atoms with Gasteiger partial charge in [-0.05, 0) is 42.8 Å². The van der Waals surface area contributed by atoms with E-state index in [2.05, 4.69) is 36.8 Å². The van der Waals surface area contributed by atoms with Crippen LogP contribution in [0.25, 0.3) is 0 Å². The van der Waals surface area contributed by atoms with Crippen molar-refractivity contribution in [2.24, 2.45) is 5.10 Å². The predicted molar refractivity (Wildman–Crippen MR) is 113 cm³/mol. The highest BCUT2D eigenvalue weighted by atomic mass is 79.9. The van der Waals surface area contributed by atoms with Gasteiger partial charge in [0.05, 0.1) is 17.5 Å². The van der Waals surface area contributed by atoms with Gasteiger partial charge < -0.3 is 5.32 Å². The van der Waals surface area contributed by atoms with Gasteiger partial charge >= 0.3 is 0 Å². The third kappa shape index (κ3) is 5.11. The lowest BCUT2D eigenvalue weighted by Gasteiger charge is -2.10. The number of nitrogens with one attached hydrogen (secondary N) is 2. The van der Waals surface area contributed by atoms with Gasteiger partial charge in [-0.15, -0.1) is 0 Å². The van der Waals surface area contributed by atoms with E-state index in [0.29, 0.717) is 15.7 Å². The zero-order chi connectivity index (χ0) is 19.9. The van der Waals surface area contributed by atoms with Gasteiger partial charge in [0.1, 0.15) is 0 Å². The summed E-state index contributed by atoms with van der Waals surface area (Å²) >= 11 is 3.35. The third-order valence-corrected chi connectivity index (χ3v) is 4.33. The van der Waals surface area contributed by atoms with Crippen molar-refractivity contribution in [3.63, 3.8) is 0 Å². The van der Waals surface area contributed by atoms with Crippen LogP contribution in [0.2, 0.25) is 0 Å². The van der Waals surface area contributed by atoms with Gasteiger partial charge in [-0.3, -0.25) is 14.6 Å². The number of rotatable bonds is 5. The molecule has 0 fully saturated rings. The Labute approximate surface area is 170 Å². The zero-order valence-electron chi connectivity index (χ0n) is 15.0. The Hall–Kier alpha value is -3.32. The van der Waals surface area contributed by atoms with E-state index < -0.39 is 5.91 Å². The molecule has 2 N–H and O–H groups in total. The van der Waals surface area contributed by atoms with Crippen molar-refractivity contribution >= 4 is 39.6 Å². The van der Waals surface area contributed by atoms with Crippen molar-refractivity contribution in [3.8, 4) is 0 Å². The summed E-state index contributed by atoms with van der Waals surface area (Å²) in [5.74, 6) is -0.766. The van der Waals surface area contributed by atoms with Gasteiger partial charge in [-0.2, -0.15) is 5.10 Å². The van der Waals surface area contributed by atoms with E-state index in [-0.39, 0.29) is 11.5 Å². The number of amides is 2. The summed E-state index contributed by atoms with van der Waals surface area (Å²) in [5, 5.41) is 6.76. The van der Waals surface area contributed by atoms with E-state index >= 15 is 0 Å². The smallest absolute Gasteiger partial charge is 0.273 e. The Morgan fingerprint density at radius 1 is 1.04 bits per heavy atom. The standard InChI is InChI=1S/C21H17BrN4O2/c1-14-3-2-4-15(11-14)13-24-26-21(28)18-12-17(22)5-6-19(18)25-20(27)16-7-9-23-10-8-16/h2-13H,1H3,(H,25,27)(H,26,28)/b24-13+. The maximum absolute atomic E-state index is 12.6. The fourth-order valence-corrected chi connectivity index (χ4v) is 2.85. The SMILES string of the molecule is Cc1cccc(/C=N/NC(=O)c2cc(Br)ccc2NC(=O)c2ccncc2)c1. The predicted octanol–water partition coefficient (Wildman–Crippen LogP) is 4.17. The normalized spacial score (nSPS) is 10.6. The van der Waals surface area contributed by atoms with Gasteiger partial charge in [0.15, 0.2) is 0 Å². The molecule has 0 atom stereocenters. The first-order valence-corrected chi connectivity index (χ1v) is 9.23. The van der Waals surface area contributed by atoms with Crippen molar-refractivity contribution in [1.29, 1.82) is 0 Å². The molecule has 0 saturated carbocycles. The number of aromatic nitrogens is 1. The molecule has 140 valence electrons. The van der Waals surface area contributed by atoms with Crippen molar-refractivity contribution in [3.05, 3.63) is 93.7 Å². The minimum Gasteiger partial charge on any atom is -0.321 e. The highest BCUT2D eigenvalue weighted by Gasteiger charge is 2.15. The lowest BCUT2D eigenvalue weighted by molar-refractivity contribution is 0.0956. The molecule has 0 unspecified atom stereocenters. The molecule has 0 aliphatic carbocycles. The van der Waals surface area contributed by atoms with Gasteiger partial charge in [0.25, 0.3) is 11.8 Å². The van der Waals surface area contributed by atoms with Crippen LogP contribution >= 0.6 is 15.9 Å². The van der Waals surface area contributed by atoms with E-state index in [4.69, 9.17) is 0 Å². The van der Waals surface area contributed by atoms with E-state index in [1.54, 1.807) is 36.5 Å². The van der Waals surface area contributed by atoms with Crippen LogP contribution < -0.4 is 10.7 Å². The third-order valence-electron chi connectivity index (χ3n) is 3.84. The van der Waals surface area contributed by atoms with Crippen molar-refractivity contribution in [2.75, 3.05) is 5.32 Å². The maximum atomic E-state index is 12.6. The second-order valence-corrected chi connectivity index (χ2v) is 6.91. The van der Waals surface area contributed by atoms with Crippen molar-refractivity contribution in [1.82, 2.24) is 10.4 Å². The summed E-state index contributed by atoms with van der Waals surface area (Å²) in [4.78, 5) is 28.9. The van der Waals surface area contributed by atoms with Crippen molar-refractivity contribution < 1.29 is 9.59 Å². The molecule has 2 amide bonds. The van der Waals surface area contributed by atoms with Crippen LogP contribution in [0.1, 0.15) is 31.8 Å². The lowest BCUT2D eigenvalue weighted by atomic mass is 10.1. The molecular weight excluding hydrogens is 420 g/mol. The Bertz CT molecular complexity index is 1040. The number of carbonyl (C=O) groups is 2. The Morgan fingerprint density at radius 2 is 1.82 bits per heavy atom. The second-order valence-electron chi connectivity index (χ2n) is 5.99. The van der Waals surface area contributed by atoms with Crippen LogP contribution in [-0.4, -0.2) is 23.0 Å². The molecule has 6 nitrogen and oxygen atoms in total. The van der Waals surface area contributed by atoms with Crippen LogP contribution in [0.3, 0.4) is 0 Å². The number of anilines is 1. The average Bonchev–Trinajstić information content (AvgIpc) is 2.70. The number of hydrogen-bond acceptors (Lipinski definition) is 4. The Balaban J connectivity index is 1.76. The quantitative estimate of drug-likeness (QED) is 0.464. The molecule has 0 radical (unpaired) electrons. The number of pyridine rings is 1. The number of nitrogens with zero attached hydrogens (tertiary/aromatic N) is 2. The van der Waals surface area contributed by atoms with Gasteiger partial charge in [0.2, 0.25) is 0 Å². The first kappa shape index (κ1) is 19.4. The summed E-state index contributed by atoms with van der Waals surface area (Å²) in [6, 6.07) is 16.0. The summed E-state index contributed by atoms with van der Waals surface area (Å²) in [5.41, 5.74) is 5.59. The van der Waals surface area contributed by atoms with Crippen LogP contribution in [0, 0.1) is 6.92 Å². The summed E-state index contributed by atoms with van der Waals surface area (Å²) in [6.07, 6.45) is 4.63. The molecule has 0 aliphatic rings. The average molecular weight is 437 g/mol. The minimum atomic E-state index is -0.435. The number of hydrazone groups is 1. The highest BCUT2D eigenvalue weighted by Crippen LogP contribution is 2.22. The molecule has 1 aromatic heterocycles.